The topological polar surface area (TPSA) is 148 Å². The third-order valence-corrected chi connectivity index (χ3v) is 2.71. The van der Waals surface area contributed by atoms with Crippen LogP contribution in [0.2, 0.25) is 0 Å². The molecule has 0 aliphatic heterocycles. The Hall–Kier alpha value is -3.17. The number of aromatic carboxylic acids is 1. The van der Waals surface area contributed by atoms with E-state index in [1.165, 1.54) is 13.0 Å². The zero-order valence-electron chi connectivity index (χ0n) is 10.7. The van der Waals surface area contributed by atoms with Crippen LogP contribution in [-0.2, 0) is 6.54 Å². The average molecular weight is 295 g/mol. The second-order valence-corrected chi connectivity index (χ2v) is 4.15. The molecule has 0 atom stereocenters. The number of carboxylic acids is 1. The van der Waals surface area contributed by atoms with Crippen molar-refractivity contribution in [2.24, 2.45) is 0 Å². The fraction of sp³-hybridized carbons (Fsp3) is 0.182. The molecule has 10 heteroatoms. The van der Waals surface area contributed by atoms with Gasteiger partial charge in [-0.2, -0.15) is 0 Å². The molecule has 0 radical (unpaired) electrons. The summed E-state index contributed by atoms with van der Waals surface area (Å²) in [7, 11) is 0. The van der Waals surface area contributed by atoms with E-state index in [1.54, 1.807) is 4.98 Å². The highest BCUT2D eigenvalue weighted by Crippen LogP contribution is 2.15. The van der Waals surface area contributed by atoms with Gasteiger partial charge in [0, 0.05) is 0 Å². The number of nitrogens with zero attached hydrogens (tertiary/aromatic N) is 2. The van der Waals surface area contributed by atoms with Gasteiger partial charge in [-0.15, -0.1) is 0 Å². The van der Waals surface area contributed by atoms with E-state index in [1.807, 2.05) is 0 Å². The number of nitro groups is 1. The summed E-state index contributed by atoms with van der Waals surface area (Å²) in [6.45, 7) is 1.19. The van der Waals surface area contributed by atoms with Gasteiger partial charge in [0.2, 0.25) is 0 Å². The Balaban J connectivity index is 2.44. The summed E-state index contributed by atoms with van der Waals surface area (Å²) in [5.74, 6) is -0.930. The molecule has 2 aromatic rings. The molecule has 0 aromatic carbocycles. The minimum Gasteiger partial charge on any atom is -0.478 e. The lowest BCUT2D eigenvalue weighted by Crippen LogP contribution is -2.31. The molecule has 0 saturated carbocycles. The smallest absolute Gasteiger partial charge is 0.350 e. The maximum absolute atomic E-state index is 11.6. The Morgan fingerprint density at radius 3 is 2.71 bits per heavy atom. The van der Waals surface area contributed by atoms with Crippen LogP contribution in [0.1, 0.15) is 21.9 Å². The Bertz CT molecular complexity index is 842. The van der Waals surface area contributed by atoms with Gasteiger partial charge in [-0.1, -0.05) is 0 Å². The lowest BCUT2D eigenvalue weighted by molar-refractivity contribution is -0.386. The average Bonchev–Trinajstić information content (AvgIpc) is 2.73. The number of furan rings is 1. The predicted octanol–water partition coefficient (Wildman–Crippen LogP) is 0.0927. The number of carbonyl (C=O) groups is 1. The fourth-order valence-corrected chi connectivity index (χ4v) is 1.75. The van der Waals surface area contributed by atoms with Crippen LogP contribution in [0.25, 0.3) is 0 Å². The molecule has 0 fully saturated rings. The van der Waals surface area contributed by atoms with Crippen molar-refractivity contribution in [2.45, 2.75) is 13.5 Å². The third-order valence-electron chi connectivity index (χ3n) is 2.71. The molecule has 0 saturated heterocycles. The van der Waals surface area contributed by atoms with E-state index in [0.29, 0.717) is 0 Å². The molecule has 0 aliphatic carbocycles. The van der Waals surface area contributed by atoms with E-state index in [0.717, 1.165) is 10.8 Å². The Morgan fingerprint density at radius 2 is 2.19 bits per heavy atom. The number of aryl methyl sites for hydroxylation is 1. The molecule has 0 bridgehead atoms. The molecule has 110 valence electrons. The Kier molecular flexibility index (Phi) is 3.44. The van der Waals surface area contributed by atoms with Crippen LogP contribution in [0.5, 0.6) is 0 Å². The minimum absolute atomic E-state index is 0.0722. The zero-order chi connectivity index (χ0) is 15.7. The molecule has 0 aliphatic rings. The number of hydrogen-bond acceptors (Lipinski definition) is 6. The summed E-state index contributed by atoms with van der Waals surface area (Å²) in [6, 6.07) is 1.21. The maximum Gasteiger partial charge on any atom is 0.350 e. The monoisotopic (exact) mass is 295 g/mol. The van der Waals surface area contributed by atoms with Crippen molar-refractivity contribution < 1.29 is 19.2 Å². The van der Waals surface area contributed by atoms with Gasteiger partial charge in [-0.25, -0.2) is 9.59 Å². The Morgan fingerprint density at radius 1 is 1.52 bits per heavy atom. The lowest BCUT2D eigenvalue weighted by atomic mass is 10.2. The van der Waals surface area contributed by atoms with Crippen molar-refractivity contribution in [1.82, 2.24) is 9.55 Å². The zero-order valence-corrected chi connectivity index (χ0v) is 10.7. The van der Waals surface area contributed by atoms with Gasteiger partial charge in [-0.3, -0.25) is 24.5 Å². The molecule has 10 nitrogen and oxygen atoms in total. The van der Waals surface area contributed by atoms with Gasteiger partial charge < -0.3 is 9.52 Å². The minimum atomic E-state index is -1.19. The number of H-pyrrole nitrogens is 1. The van der Waals surface area contributed by atoms with E-state index in [-0.39, 0.29) is 23.6 Å². The van der Waals surface area contributed by atoms with Crippen molar-refractivity contribution in [3.8, 4) is 0 Å². The number of hydrogen-bond donors (Lipinski definition) is 2. The van der Waals surface area contributed by atoms with E-state index < -0.39 is 27.8 Å². The number of rotatable bonds is 4. The summed E-state index contributed by atoms with van der Waals surface area (Å²) >= 11 is 0. The highest BCUT2D eigenvalue weighted by atomic mass is 16.6. The number of aromatic amines is 1. The van der Waals surface area contributed by atoms with Gasteiger partial charge in [0.1, 0.15) is 17.1 Å². The van der Waals surface area contributed by atoms with Crippen LogP contribution in [0.15, 0.2) is 26.3 Å². The first-order chi connectivity index (χ1) is 9.79. The van der Waals surface area contributed by atoms with Gasteiger partial charge >= 0.3 is 22.9 Å². The van der Waals surface area contributed by atoms with E-state index >= 15 is 0 Å². The van der Waals surface area contributed by atoms with Crippen LogP contribution >= 0.6 is 0 Å². The van der Waals surface area contributed by atoms with Crippen LogP contribution in [0, 0.1) is 17.0 Å². The molecule has 0 unspecified atom stereocenters. The van der Waals surface area contributed by atoms with Crippen molar-refractivity contribution in [1.29, 1.82) is 0 Å². The number of nitrogens with one attached hydrogen (secondary N) is 1. The molecule has 21 heavy (non-hydrogen) atoms. The van der Waals surface area contributed by atoms with Crippen LogP contribution < -0.4 is 11.2 Å². The SMILES string of the molecule is Cc1oc(Cn2cc([N+](=O)[O-])c(=O)[nH]c2=O)cc1C(=O)O. The summed E-state index contributed by atoms with van der Waals surface area (Å²) in [5, 5.41) is 19.5. The quantitative estimate of drug-likeness (QED) is 0.599. The van der Waals surface area contributed by atoms with Crippen molar-refractivity contribution in [3.05, 3.63) is 60.3 Å². The van der Waals surface area contributed by atoms with Gasteiger partial charge in [0.25, 0.3) is 0 Å². The van der Waals surface area contributed by atoms with Crippen LogP contribution in [-0.4, -0.2) is 25.6 Å². The van der Waals surface area contributed by atoms with Gasteiger partial charge in [-0.05, 0) is 13.0 Å². The fourth-order valence-electron chi connectivity index (χ4n) is 1.75. The van der Waals surface area contributed by atoms with Crippen molar-refractivity contribution >= 4 is 11.7 Å². The van der Waals surface area contributed by atoms with E-state index in [2.05, 4.69) is 0 Å². The number of aromatic nitrogens is 2. The predicted molar refractivity (Wildman–Crippen MR) is 67.5 cm³/mol. The standard InChI is InChI=1S/C11H9N3O7/c1-5-7(10(16)17)2-6(21-5)3-13-4-8(14(19)20)9(15)12-11(13)18/h2,4H,3H2,1H3,(H,16,17)(H,12,15,18). The summed E-state index contributed by atoms with van der Waals surface area (Å²) in [4.78, 5) is 45.2. The molecular weight excluding hydrogens is 286 g/mol. The van der Waals surface area contributed by atoms with E-state index in [9.17, 15) is 24.5 Å². The summed E-state index contributed by atoms with van der Waals surface area (Å²) in [5.41, 5.74) is -2.84. The molecule has 2 rings (SSSR count). The molecule has 2 N–H and O–H groups in total. The molecule has 0 spiro atoms. The van der Waals surface area contributed by atoms with Gasteiger partial charge in [0.05, 0.1) is 17.7 Å². The highest BCUT2D eigenvalue weighted by Gasteiger charge is 2.18. The lowest BCUT2D eigenvalue weighted by Gasteiger charge is -2.01. The molecule has 2 aromatic heterocycles. The normalized spacial score (nSPS) is 10.5. The summed E-state index contributed by atoms with van der Waals surface area (Å²) < 4.78 is 6.01. The summed E-state index contributed by atoms with van der Waals surface area (Å²) in [6.07, 6.45) is 0.777. The van der Waals surface area contributed by atoms with Crippen molar-refractivity contribution in [3.63, 3.8) is 0 Å². The van der Waals surface area contributed by atoms with E-state index in [4.69, 9.17) is 9.52 Å². The molecule has 0 amide bonds. The first-order valence-corrected chi connectivity index (χ1v) is 5.60. The third kappa shape index (κ3) is 2.73. The largest absolute Gasteiger partial charge is 0.478 e. The maximum atomic E-state index is 11.6. The van der Waals surface area contributed by atoms with Crippen LogP contribution in [0.4, 0.5) is 5.69 Å². The van der Waals surface area contributed by atoms with Gasteiger partial charge in [0.15, 0.2) is 0 Å². The highest BCUT2D eigenvalue weighted by molar-refractivity contribution is 5.88. The first-order valence-electron chi connectivity index (χ1n) is 5.60. The second kappa shape index (κ2) is 5.07. The molecule has 2 heterocycles. The molecular formula is C11H9N3O7. The van der Waals surface area contributed by atoms with Crippen molar-refractivity contribution in [2.75, 3.05) is 0 Å². The van der Waals surface area contributed by atoms with Crippen LogP contribution in [0.3, 0.4) is 0 Å². The Labute approximate surface area is 115 Å². The second-order valence-electron chi connectivity index (χ2n) is 4.15. The number of carboxylic acid groups (broad SMARTS) is 1. The first kappa shape index (κ1) is 14.2.